The molecule has 5 rings (SSSR count). The number of piperidine rings is 1. The van der Waals surface area contributed by atoms with Crippen LogP contribution in [0, 0.1) is 0 Å². The van der Waals surface area contributed by atoms with Crippen LogP contribution in [0.25, 0.3) is 0 Å². The molecule has 200 valence electrons. The Bertz CT molecular complexity index is 1140. The van der Waals surface area contributed by atoms with E-state index in [4.69, 9.17) is 4.74 Å². The fraction of sp³-hybridized carbons (Fsp3) is 0.600. The molecule has 2 fully saturated rings. The van der Waals surface area contributed by atoms with Crippen LogP contribution in [0.1, 0.15) is 49.3 Å². The summed E-state index contributed by atoms with van der Waals surface area (Å²) in [6.45, 7) is 6.22. The number of aryl methyl sites for hydroxylation is 1. The molecule has 9 nitrogen and oxygen atoms in total. The highest BCUT2D eigenvalue weighted by atomic mass is 19.4. The first-order valence-electron chi connectivity index (χ1n) is 12.8. The number of carbonyl (C=O) groups is 1. The van der Waals surface area contributed by atoms with Gasteiger partial charge in [-0.15, -0.1) is 10.2 Å². The second-order valence-corrected chi connectivity index (χ2v) is 9.92. The van der Waals surface area contributed by atoms with Gasteiger partial charge in [0.1, 0.15) is 18.2 Å². The third-order valence-corrected chi connectivity index (χ3v) is 7.61. The lowest BCUT2D eigenvalue weighted by Crippen LogP contribution is -2.55. The molecule has 4 heterocycles. The molecule has 0 spiro atoms. The van der Waals surface area contributed by atoms with Crippen molar-refractivity contribution in [3.63, 3.8) is 0 Å². The van der Waals surface area contributed by atoms with Gasteiger partial charge in [-0.3, -0.25) is 9.69 Å². The Balaban J connectivity index is 1.12. The molecule has 1 amide bonds. The quantitative estimate of drug-likeness (QED) is 0.605. The molecule has 1 aromatic heterocycles. The number of piperazine rings is 1. The van der Waals surface area contributed by atoms with E-state index in [1.54, 1.807) is 4.90 Å². The minimum atomic E-state index is -4.58. The predicted octanol–water partition coefficient (Wildman–Crippen LogP) is 2.83. The van der Waals surface area contributed by atoms with Crippen LogP contribution >= 0.6 is 0 Å². The SMILES string of the molecule is C[C@@H]1C(=O)N(C)CCN1CCOc1ccc(C2CCN(C3=Nn4c(nnc4C(F)(F)F)CC3)CC2)cc1. The van der Waals surface area contributed by atoms with Crippen molar-refractivity contribution >= 4 is 11.7 Å². The fourth-order valence-electron chi connectivity index (χ4n) is 5.31. The lowest BCUT2D eigenvalue weighted by atomic mass is 9.89. The average Bonchev–Trinajstić information content (AvgIpc) is 3.33. The number of carbonyl (C=O) groups excluding carboxylic acids is 1. The monoisotopic (exact) mass is 519 g/mol. The highest BCUT2D eigenvalue weighted by Crippen LogP contribution is 2.32. The highest BCUT2D eigenvalue weighted by molar-refractivity contribution is 5.83. The van der Waals surface area contributed by atoms with Crippen LogP contribution in [0.15, 0.2) is 29.4 Å². The molecule has 37 heavy (non-hydrogen) atoms. The van der Waals surface area contributed by atoms with Crippen LogP contribution in [0.2, 0.25) is 0 Å². The number of hydrogen-bond acceptors (Lipinski definition) is 7. The number of aromatic nitrogens is 3. The van der Waals surface area contributed by atoms with Crippen molar-refractivity contribution in [3.8, 4) is 5.75 Å². The summed E-state index contributed by atoms with van der Waals surface area (Å²) in [6, 6.07) is 8.03. The number of likely N-dealkylation sites (tertiary alicyclic amines) is 1. The fourth-order valence-corrected chi connectivity index (χ4v) is 5.31. The van der Waals surface area contributed by atoms with Crippen molar-refractivity contribution < 1.29 is 22.7 Å². The molecule has 2 aromatic rings. The Morgan fingerprint density at radius 1 is 1.03 bits per heavy atom. The number of halogens is 3. The third kappa shape index (κ3) is 5.43. The second-order valence-electron chi connectivity index (χ2n) is 9.92. The topological polar surface area (TPSA) is 79.1 Å². The number of ether oxygens (including phenoxy) is 1. The number of nitrogens with zero attached hydrogens (tertiary/aromatic N) is 7. The summed E-state index contributed by atoms with van der Waals surface area (Å²) in [5.74, 6) is 1.17. The van der Waals surface area contributed by atoms with E-state index in [0.717, 1.165) is 49.4 Å². The maximum absolute atomic E-state index is 13.2. The zero-order valence-corrected chi connectivity index (χ0v) is 21.1. The van der Waals surface area contributed by atoms with Gasteiger partial charge in [0.2, 0.25) is 5.91 Å². The van der Waals surface area contributed by atoms with Crippen molar-refractivity contribution in [2.75, 3.05) is 46.4 Å². The Morgan fingerprint density at radius 3 is 2.46 bits per heavy atom. The Morgan fingerprint density at radius 2 is 1.76 bits per heavy atom. The summed E-state index contributed by atoms with van der Waals surface area (Å²) in [5, 5.41) is 11.2. The lowest BCUT2D eigenvalue weighted by Gasteiger charge is -2.37. The summed E-state index contributed by atoms with van der Waals surface area (Å²) in [5.41, 5.74) is 1.23. The van der Waals surface area contributed by atoms with Gasteiger partial charge in [-0.25, -0.2) is 0 Å². The van der Waals surface area contributed by atoms with E-state index in [-0.39, 0.29) is 17.8 Å². The Hall–Kier alpha value is -3.15. The molecular weight excluding hydrogens is 487 g/mol. The Labute approximate surface area is 213 Å². The third-order valence-electron chi connectivity index (χ3n) is 7.61. The molecule has 0 saturated carbocycles. The number of likely N-dealkylation sites (N-methyl/N-ethyl adjacent to an activating group) is 1. The summed E-state index contributed by atoms with van der Waals surface area (Å²) in [4.78, 5) is 18.1. The first-order chi connectivity index (χ1) is 17.7. The van der Waals surface area contributed by atoms with E-state index in [1.165, 1.54) is 5.56 Å². The number of rotatable bonds is 5. The van der Waals surface area contributed by atoms with E-state index >= 15 is 0 Å². The van der Waals surface area contributed by atoms with Crippen molar-refractivity contribution in [3.05, 3.63) is 41.5 Å². The van der Waals surface area contributed by atoms with Gasteiger partial charge in [0.25, 0.3) is 5.82 Å². The van der Waals surface area contributed by atoms with E-state index < -0.39 is 12.0 Å². The zero-order valence-electron chi connectivity index (χ0n) is 21.1. The smallest absolute Gasteiger partial charge is 0.453 e. The standard InChI is InChI=1S/C25H32F3N7O2/c1-17-23(36)32(2)13-14-33(17)15-16-37-20-5-3-18(4-6-20)19-9-11-34(12-10-19)22-8-7-21-29-30-24(25(26,27)28)35(21)31-22/h3-6,17,19H,7-16H2,1-2H3/t17-/m1/s1. The number of hydrogen-bond donors (Lipinski definition) is 0. The van der Waals surface area contributed by atoms with E-state index in [1.807, 2.05) is 26.1 Å². The molecule has 0 N–H and O–H groups in total. The number of fused-ring (bicyclic) bond motifs is 1. The minimum Gasteiger partial charge on any atom is -0.492 e. The molecule has 0 unspecified atom stereocenters. The molecule has 3 aliphatic rings. The number of amides is 1. The first kappa shape index (κ1) is 25.5. The average molecular weight is 520 g/mol. The van der Waals surface area contributed by atoms with Crippen molar-refractivity contribution in [1.29, 1.82) is 0 Å². The molecule has 1 atom stereocenters. The molecule has 2 saturated heterocycles. The summed E-state index contributed by atoms with van der Waals surface area (Å²) >= 11 is 0. The maximum atomic E-state index is 13.2. The van der Waals surface area contributed by atoms with E-state index in [9.17, 15) is 18.0 Å². The molecule has 0 radical (unpaired) electrons. The van der Waals surface area contributed by atoms with Gasteiger partial charge < -0.3 is 14.5 Å². The summed E-state index contributed by atoms with van der Waals surface area (Å²) in [7, 11) is 1.84. The number of amidine groups is 1. The van der Waals surface area contributed by atoms with Gasteiger partial charge in [0, 0.05) is 52.6 Å². The minimum absolute atomic E-state index is 0.125. The van der Waals surface area contributed by atoms with Crippen LogP contribution in [0.4, 0.5) is 13.2 Å². The molecule has 3 aliphatic heterocycles. The van der Waals surface area contributed by atoms with Gasteiger partial charge in [0.05, 0.1) is 6.04 Å². The predicted molar refractivity (Wildman–Crippen MR) is 130 cm³/mol. The number of benzene rings is 1. The van der Waals surface area contributed by atoms with E-state index in [0.29, 0.717) is 37.7 Å². The lowest BCUT2D eigenvalue weighted by molar-refractivity contribution is -0.147. The summed E-state index contributed by atoms with van der Waals surface area (Å²) < 4.78 is 46.4. The maximum Gasteiger partial charge on any atom is 0.453 e. The van der Waals surface area contributed by atoms with Crippen LogP contribution < -0.4 is 4.74 Å². The normalized spacial score (nSPS) is 21.7. The Kier molecular flexibility index (Phi) is 7.11. The van der Waals surface area contributed by atoms with Crippen molar-refractivity contribution in [2.24, 2.45) is 5.10 Å². The molecular formula is C25H32F3N7O2. The largest absolute Gasteiger partial charge is 0.492 e. The molecule has 12 heteroatoms. The highest BCUT2D eigenvalue weighted by Gasteiger charge is 2.40. The molecule has 1 aromatic carbocycles. The second kappa shape index (κ2) is 10.3. The van der Waals surface area contributed by atoms with Crippen molar-refractivity contribution in [1.82, 2.24) is 29.6 Å². The van der Waals surface area contributed by atoms with Crippen LogP contribution in [0.3, 0.4) is 0 Å². The summed E-state index contributed by atoms with van der Waals surface area (Å²) in [6.07, 6.45) is -1.82. The zero-order chi connectivity index (χ0) is 26.2. The van der Waals surface area contributed by atoms with Gasteiger partial charge in [-0.05, 0) is 43.4 Å². The van der Waals surface area contributed by atoms with Gasteiger partial charge in [-0.2, -0.15) is 22.9 Å². The van der Waals surface area contributed by atoms with Gasteiger partial charge in [-0.1, -0.05) is 12.1 Å². The van der Waals surface area contributed by atoms with E-state index in [2.05, 4.69) is 37.2 Å². The number of alkyl halides is 3. The molecule has 0 bridgehead atoms. The first-order valence-corrected chi connectivity index (χ1v) is 12.8. The van der Waals surface area contributed by atoms with Gasteiger partial charge >= 0.3 is 6.18 Å². The molecule has 0 aliphatic carbocycles. The van der Waals surface area contributed by atoms with Gasteiger partial charge in [0.15, 0.2) is 5.82 Å². The van der Waals surface area contributed by atoms with Crippen LogP contribution in [0.5, 0.6) is 5.75 Å². The van der Waals surface area contributed by atoms with Crippen molar-refractivity contribution in [2.45, 2.75) is 50.7 Å². The van der Waals surface area contributed by atoms with Crippen LogP contribution in [-0.4, -0.2) is 93.7 Å². The van der Waals surface area contributed by atoms with Crippen LogP contribution in [-0.2, 0) is 17.4 Å².